The Morgan fingerprint density at radius 1 is 1.00 bits per heavy atom. The summed E-state index contributed by atoms with van der Waals surface area (Å²) in [6, 6.07) is 8.29. The summed E-state index contributed by atoms with van der Waals surface area (Å²) in [5.41, 5.74) is 0.102. The summed E-state index contributed by atoms with van der Waals surface area (Å²) in [4.78, 5) is 2.07. The molecule has 2 aliphatic rings. The number of likely N-dealkylation sites (tertiary alicyclic amines) is 1. The SMILES string of the molecule is Oc1c(F)cc([C@H](O)CN2C[C@H]3CC(Oc4ccccc4F)C[C@H]3C2)cc1F. The van der Waals surface area contributed by atoms with Crippen LogP contribution >= 0.6 is 0 Å². The second-order valence-corrected chi connectivity index (χ2v) is 7.73. The molecule has 1 saturated carbocycles. The first-order valence-electron chi connectivity index (χ1n) is 9.40. The van der Waals surface area contributed by atoms with Crippen molar-refractivity contribution in [3.8, 4) is 11.5 Å². The van der Waals surface area contributed by atoms with Crippen molar-refractivity contribution in [2.24, 2.45) is 11.8 Å². The van der Waals surface area contributed by atoms with E-state index in [2.05, 4.69) is 4.90 Å². The maximum absolute atomic E-state index is 13.8. The molecule has 2 aromatic carbocycles. The van der Waals surface area contributed by atoms with Crippen LogP contribution in [0.2, 0.25) is 0 Å². The molecule has 2 aromatic rings. The fourth-order valence-electron chi connectivity index (χ4n) is 4.43. The minimum absolute atomic E-state index is 0.0285. The second kappa shape index (κ2) is 7.64. The first kappa shape index (κ1) is 19.1. The van der Waals surface area contributed by atoms with Crippen LogP contribution in [-0.2, 0) is 0 Å². The molecule has 4 atom stereocenters. The number of phenolic OH excluding ortho intramolecular Hbond substituents is 1. The number of hydrogen-bond donors (Lipinski definition) is 2. The summed E-state index contributed by atoms with van der Waals surface area (Å²) in [7, 11) is 0. The van der Waals surface area contributed by atoms with Gasteiger partial charge in [-0.25, -0.2) is 13.2 Å². The van der Waals surface area contributed by atoms with Gasteiger partial charge in [-0.15, -0.1) is 0 Å². The van der Waals surface area contributed by atoms with E-state index in [-0.39, 0.29) is 29.8 Å². The lowest BCUT2D eigenvalue weighted by atomic mass is 10.0. The third-order valence-electron chi connectivity index (χ3n) is 5.77. The zero-order chi connectivity index (χ0) is 19.8. The number of aliphatic hydroxyl groups is 1. The van der Waals surface area contributed by atoms with Crippen LogP contribution in [0.25, 0.3) is 0 Å². The Hall–Kier alpha value is -2.25. The molecular formula is C21H22F3NO3. The second-order valence-electron chi connectivity index (χ2n) is 7.73. The molecule has 4 rings (SSSR count). The number of hydrogen-bond acceptors (Lipinski definition) is 4. The molecule has 7 heteroatoms. The summed E-state index contributed by atoms with van der Waals surface area (Å²) in [5.74, 6) is -2.52. The van der Waals surface area contributed by atoms with E-state index in [0.717, 1.165) is 38.1 Å². The Balaban J connectivity index is 1.32. The van der Waals surface area contributed by atoms with Crippen LogP contribution in [0.1, 0.15) is 24.5 Å². The van der Waals surface area contributed by atoms with Gasteiger partial charge >= 0.3 is 0 Å². The highest BCUT2D eigenvalue weighted by molar-refractivity contribution is 5.31. The number of benzene rings is 2. The van der Waals surface area contributed by atoms with Crippen LogP contribution in [-0.4, -0.2) is 40.9 Å². The van der Waals surface area contributed by atoms with Crippen molar-refractivity contribution >= 4 is 0 Å². The Morgan fingerprint density at radius 3 is 2.21 bits per heavy atom. The summed E-state index contributed by atoms with van der Waals surface area (Å²) in [5, 5.41) is 19.5. The molecule has 0 bridgehead atoms. The largest absolute Gasteiger partial charge is 0.503 e. The van der Waals surface area contributed by atoms with Crippen LogP contribution in [0.3, 0.4) is 0 Å². The Morgan fingerprint density at radius 2 is 1.61 bits per heavy atom. The number of para-hydroxylation sites is 1. The van der Waals surface area contributed by atoms with Crippen LogP contribution in [0, 0.1) is 29.3 Å². The van der Waals surface area contributed by atoms with E-state index in [1.54, 1.807) is 18.2 Å². The lowest BCUT2D eigenvalue weighted by Crippen LogP contribution is -2.29. The van der Waals surface area contributed by atoms with Crippen molar-refractivity contribution in [3.05, 3.63) is 59.4 Å². The fraction of sp³-hybridized carbons (Fsp3) is 0.429. The van der Waals surface area contributed by atoms with Gasteiger partial charge in [0.1, 0.15) is 0 Å². The Bertz CT molecular complexity index is 826. The quantitative estimate of drug-likeness (QED) is 0.815. The topological polar surface area (TPSA) is 52.9 Å². The molecule has 0 spiro atoms. The first-order chi connectivity index (χ1) is 13.4. The number of rotatable bonds is 5. The Labute approximate surface area is 161 Å². The summed E-state index contributed by atoms with van der Waals surface area (Å²) in [6.45, 7) is 1.76. The number of halogens is 3. The maximum atomic E-state index is 13.8. The lowest BCUT2D eigenvalue weighted by molar-refractivity contribution is 0.115. The number of fused-ring (bicyclic) bond motifs is 1. The van der Waals surface area contributed by atoms with E-state index in [0.29, 0.717) is 11.8 Å². The smallest absolute Gasteiger partial charge is 0.187 e. The van der Waals surface area contributed by atoms with Crippen molar-refractivity contribution < 1.29 is 28.1 Å². The fourth-order valence-corrected chi connectivity index (χ4v) is 4.43. The minimum atomic E-state index is -1.08. The molecule has 1 aliphatic carbocycles. The molecule has 1 saturated heterocycles. The molecule has 28 heavy (non-hydrogen) atoms. The first-order valence-corrected chi connectivity index (χ1v) is 9.40. The van der Waals surface area contributed by atoms with Gasteiger partial charge in [-0.2, -0.15) is 0 Å². The number of nitrogens with zero attached hydrogens (tertiary/aromatic N) is 1. The maximum Gasteiger partial charge on any atom is 0.187 e. The van der Waals surface area contributed by atoms with Gasteiger partial charge in [-0.05, 0) is 54.5 Å². The van der Waals surface area contributed by atoms with Crippen molar-refractivity contribution in [2.45, 2.75) is 25.0 Å². The number of phenols is 1. The molecule has 0 amide bonds. The molecule has 1 heterocycles. The van der Waals surface area contributed by atoms with Gasteiger partial charge in [0.15, 0.2) is 29.0 Å². The highest BCUT2D eigenvalue weighted by atomic mass is 19.1. The summed E-state index contributed by atoms with van der Waals surface area (Å²) < 4.78 is 46.6. The number of ether oxygens (including phenoxy) is 1. The van der Waals surface area contributed by atoms with E-state index in [4.69, 9.17) is 4.74 Å². The third kappa shape index (κ3) is 3.82. The van der Waals surface area contributed by atoms with Gasteiger partial charge < -0.3 is 14.9 Å². The molecular weight excluding hydrogens is 371 g/mol. The minimum Gasteiger partial charge on any atom is -0.503 e. The molecule has 1 unspecified atom stereocenters. The molecule has 0 radical (unpaired) electrons. The highest BCUT2D eigenvalue weighted by Crippen LogP contribution is 2.40. The predicted molar refractivity (Wildman–Crippen MR) is 96.5 cm³/mol. The van der Waals surface area contributed by atoms with Crippen LogP contribution in [0.4, 0.5) is 13.2 Å². The standard InChI is InChI=1S/C21H22F3NO3/c22-16-3-1-2-4-20(16)28-15-5-13-9-25(10-14(13)6-15)11-19(26)12-7-17(23)21(27)18(24)8-12/h1-4,7-8,13-15,19,26-27H,5-6,9-11H2/t13-,14+,15?,19-/m1/s1. The van der Waals surface area contributed by atoms with Crippen molar-refractivity contribution in [1.29, 1.82) is 0 Å². The summed E-state index contributed by atoms with van der Waals surface area (Å²) >= 11 is 0. The normalized spacial score (nSPS) is 25.6. The van der Waals surface area contributed by atoms with Gasteiger partial charge in [0, 0.05) is 19.6 Å². The van der Waals surface area contributed by atoms with Crippen molar-refractivity contribution in [3.63, 3.8) is 0 Å². The van der Waals surface area contributed by atoms with Crippen LogP contribution in [0.5, 0.6) is 11.5 Å². The van der Waals surface area contributed by atoms with Gasteiger partial charge in [0.2, 0.25) is 0 Å². The number of β-amino-alcohol motifs (C(OH)–C–C–N with tert-alkyl or cyclic N) is 1. The monoisotopic (exact) mass is 393 g/mol. The van der Waals surface area contributed by atoms with E-state index in [1.807, 2.05) is 0 Å². The van der Waals surface area contributed by atoms with E-state index >= 15 is 0 Å². The molecule has 4 nitrogen and oxygen atoms in total. The Kier molecular flexibility index (Phi) is 5.21. The van der Waals surface area contributed by atoms with E-state index in [1.165, 1.54) is 6.07 Å². The van der Waals surface area contributed by atoms with E-state index < -0.39 is 23.5 Å². The third-order valence-corrected chi connectivity index (χ3v) is 5.77. The predicted octanol–water partition coefficient (Wildman–Crippen LogP) is 3.63. The number of aliphatic hydroxyl groups excluding tert-OH is 1. The average Bonchev–Trinajstić information content (AvgIpc) is 3.19. The molecule has 0 aromatic heterocycles. The lowest BCUT2D eigenvalue weighted by Gasteiger charge is -2.23. The average molecular weight is 393 g/mol. The van der Waals surface area contributed by atoms with Gasteiger partial charge in [0.05, 0.1) is 12.2 Å². The van der Waals surface area contributed by atoms with E-state index in [9.17, 15) is 23.4 Å². The van der Waals surface area contributed by atoms with Gasteiger partial charge in [0.25, 0.3) is 0 Å². The molecule has 2 fully saturated rings. The summed E-state index contributed by atoms with van der Waals surface area (Å²) in [6.07, 6.45) is 0.551. The van der Waals surface area contributed by atoms with Crippen LogP contribution in [0.15, 0.2) is 36.4 Å². The highest BCUT2D eigenvalue weighted by Gasteiger charge is 2.42. The van der Waals surface area contributed by atoms with Gasteiger partial charge in [-0.1, -0.05) is 12.1 Å². The molecule has 2 N–H and O–H groups in total. The molecule has 150 valence electrons. The molecule has 1 aliphatic heterocycles. The van der Waals surface area contributed by atoms with Crippen molar-refractivity contribution in [1.82, 2.24) is 4.90 Å². The van der Waals surface area contributed by atoms with Crippen LogP contribution < -0.4 is 4.74 Å². The zero-order valence-electron chi connectivity index (χ0n) is 15.2. The van der Waals surface area contributed by atoms with Crippen molar-refractivity contribution in [2.75, 3.05) is 19.6 Å². The zero-order valence-corrected chi connectivity index (χ0v) is 15.2. The number of aromatic hydroxyl groups is 1. The van der Waals surface area contributed by atoms with Gasteiger partial charge in [-0.3, -0.25) is 4.90 Å².